The lowest BCUT2D eigenvalue weighted by Gasteiger charge is -2.24. The summed E-state index contributed by atoms with van der Waals surface area (Å²) in [6.07, 6.45) is 6.57. The highest BCUT2D eigenvalue weighted by Gasteiger charge is 2.20. The summed E-state index contributed by atoms with van der Waals surface area (Å²) < 4.78 is 0. The van der Waals surface area contributed by atoms with Gasteiger partial charge in [-0.3, -0.25) is 0 Å². The molecule has 0 aliphatic carbocycles. The lowest BCUT2D eigenvalue weighted by Crippen LogP contribution is -2.36. The zero-order valence-electron chi connectivity index (χ0n) is 13.6. The summed E-state index contributed by atoms with van der Waals surface area (Å²) in [5.74, 6) is 2.42. The molecule has 1 unspecified atom stereocenters. The second-order valence-corrected chi connectivity index (χ2v) is 6.38. The molecule has 0 radical (unpaired) electrons. The Balaban J connectivity index is 2.84. The van der Waals surface area contributed by atoms with Gasteiger partial charge in [0.15, 0.2) is 0 Å². The van der Waals surface area contributed by atoms with Gasteiger partial charge in [-0.2, -0.15) is 11.8 Å². The van der Waals surface area contributed by atoms with Crippen molar-refractivity contribution in [2.24, 2.45) is 0 Å². The molecule has 0 fully saturated rings. The Bertz CT molecular complexity index is 426. The molecule has 0 amide bonds. The largest absolute Gasteiger partial charge is 0.387 e. The predicted molar refractivity (Wildman–Crippen MR) is 92.3 cm³/mol. The average molecular weight is 312 g/mol. The molecule has 1 aromatic heterocycles. The van der Waals surface area contributed by atoms with Crippen LogP contribution >= 0.6 is 11.8 Å². The van der Waals surface area contributed by atoms with Crippen molar-refractivity contribution in [3.05, 3.63) is 11.9 Å². The van der Waals surface area contributed by atoms with E-state index in [1.54, 1.807) is 18.1 Å². The van der Waals surface area contributed by atoms with Crippen LogP contribution in [0.15, 0.2) is 6.33 Å². The Morgan fingerprint density at radius 3 is 2.43 bits per heavy atom. The van der Waals surface area contributed by atoms with Gasteiger partial charge in [-0.15, -0.1) is 0 Å². The molecule has 5 nitrogen and oxygen atoms in total. The van der Waals surface area contributed by atoms with E-state index in [1.165, 1.54) is 0 Å². The number of thioether (sulfide) groups is 1. The lowest BCUT2D eigenvalue weighted by molar-refractivity contribution is 0.0996. The second-order valence-electron chi connectivity index (χ2n) is 5.51. The number of nitrogens with one attached hydrogen (secondary N) is 2. The van der Waals surface area contributed by atoms with Crippen molar-refractivity contribution in [1.82, 2.24) is 9.97 Å². The van der Waals surface area contributed by atoms with Crippen LogP contribution in [0.2, 0.25) is 0 Å². The summed E-state index contributed by atoms with van der Waals surface area (Å²) in [7, 11) is 0. The molecule has 1 rings (SSSR count). The molecular weight excluding hydrogens is 284 g/mol. The molecule has 0 spiro atoms. The first kappa shape index (κ1) is 18.0. The van der Waals surface area contributed by atoms with Gasteiger partial charge in [0.2, 0.25) is 0 Å². The highest BCUT2D eigenvalue weighted by atomic mass is 32.2. The molecule has 21 heavy (non-hydrogen) atoms. The van der Waals surface area contributed by atoms with E-state index in [2.05, 4.69) is 34.4 Å². The van der Waals surface area contributed by atoms with Crippen molar-refractivity contribution in [2.45, 2.75) is 45.6 Å². The van der Waals surface area contributed by atoms with E-state index >= 15 is 0 Å². The van der Waals surface area contributed by atoms with Crippen LogP contribution in [-0.2, 0) is 6.42 Å². The van der Waals surface area contributed by atoms with Gasteiger partial charge in [0.1, 0.15) is 18.0 Å². The lowest BCUT2D eigenvalue weighted by atomic mass is 10.1. The first-order valence-corrected chi connectivity index (χ1v) is 8.96. The van der Waals surface area contributed by atoms with Crippen LogP contribution in [0, 0.1) is 0 Å². The molecule has 0 aliphatic rings. The molecule has 0 saturated carbocycles. The molecule has 0 bridgehead atoms. The van der Waals surface area contributed by atoms with Crippen LogP contribution in [0.25, 0.3) is 0 Å². The van der Waals surface area contributed by atoms with Gasteiger partial charge in [-0.1, -0.05) is 20.3 Å². The number of nitrogens with zero attached hydrogens (tertiary/aromatic N) is 2. The molecule has 120 valence electrons. The van der Waals surface area contributed by atoms with Crippen molar-refractivity contribution in [2.75, 3.05) is 35.7 Å². The maximum atomic E-state index is 10.3. The normalized spacial score (nSPS) is 13.8. The topological polar surface area (TPSA) is 70.1 Å². The fourth-order valence-electron chi connectivity index (χ4n) is 2.08. The number of hydrogen-bond donors (Lipinski definition) is 3. The van der Waals surface area contributed by atoms with Crippen LogP contribution in [0.4, 0.5) is 11.6 Å². The Kier molecular flexibility index (Phi) is 7.82. The van der Waals surface area contributed by atoms with E-state index in [0.717, 1.165) is 43.0 Å². The van der Waals surface area contributed by atoms with Crippen molar-refractivity contribution in [3.63, 3.8) is 0 Å². The number of aliphatic hydroxyl groups is 1. The van der Waals surface area contributed by atoms with Gasteiger partial charge < -0.3 is 15.7 Å². The molecule has 0 saturated heterocycles. The molecule has 0 aromatic carbocycles. The Morgan fingerprint density at radius 2 is 1.86 bits per heavy atom. The smallest absolute Gasteiger partial charge is 0.134 e. The van der Waals surface area contributed by atoms with E-state index in [1.807, 2.05) is 13.2 Å². The van der Waals surface area contributed by atoms with Crippen LogP contribution in [0.3, 0.4) is 0 Å². The standard InChI is InChI=1S/C15H28N4OS/c1-5-7-12-13(16-8-6-2)18-11-19-14(12)17-9-15(3,20)10-21-4/h11,20H,5-10H2,1-4H3,(H2,16,17,18,19). The Labute approximate surface area is 132 Å². The quantitative estimate of drug-likeness (QED) is 0.617. The summed E-state index contributed by atoms with van der Waals surface area (Å²) in [5.41, 5.74) is 0.360. The van der Waals surface area contributed by atoms with Crippen LogP contribution in [0.1, 0.15) is 39.2 Å². The predicted octanol–water partition coefficient (Wildman–Crippen LogP) is 2.78. The zero-order chi connectivity index (χ0) is 15.7. The Morgan fingerprint density at radius 1 is 1.19 bits per heavy atom. The second kappa shape index (κ2) is 9.10. The molecule has 0 aliphatic heterocycles. The molecule has 1 heterocycles. The van der Waals surface area contributed by atoms with E-state index in [9.17, 15) is 5.11 Å². The number of aromatic nitrogens is 2. The third kappa shape index (κ3) is 6.09. The number of rotatable bonds is 10. The van der Waals surface area contributed by atoms with Gasteiger partial charge in [0.25, 0.3) is 0 Å². The van der Waals surface area contributed by atoms with Gasteiger partial charge in [-0.05, 0) is 26.0 Å². The van der Waals surface area contributed by atoms with E-state index in [-0.39, 0.29) is 0 Å². The Hall–Kier alpha value is -1.01. The van der Waals surface area contributed by atoms with Crippen LogP contribution < -0.4 is 10.6 Å². The summed E-state index contributed by atoms with van der Waals surface area (Å²) in [6.45, 7) is 7.50. The molecule has 1 aromatic rings. The minimum atomic E-state index is -0.745. The first-order valence-electron chi connectivity index (χ1n) is 7.57. The highest BCUT2D eigenvalue weighted by Crippen LogP contribution is 2.22. The van der Waals surface area contributed by atoms with Gasteiger partial charge >= 0.3 is 0 Å². The van der Waals surface area contributed by atoms with E-state index in [4.69, 9.17) is 0 Å². The summed E-state index contributed by atoms with van der Waals surface area (Å²) >= 11 is 1.64. The van der Waals surface area contributed by atoms with Crippen LogP contribution in [-0.4, -0.2) is 45.8 Å². The van der Waals surface area contributed by atoms with Crippen LogP contribution in [0.5, 0.6) is 0 Å². The van der Waals surface area contributed by atoms with Crippen molar-refractivity contribution in [1.29, 1.82) is 0 Å². The van der Waals surface area contributed by atoms with Crippen molar-refractivity contribution >= 4 is 23.4 Å². The summed E-state index contributed by atoms with van der Waals surface area (Å²) in [4.78, 5) is 8.70. The maximum Gasteiger partial charge on any atom is 0.134 e. The van der Waals surface area contributed by atoms with Crippen molar-refractivity contribution < 1.29 is 5.11 Å². The fourth-order valence-corrected chi connectivity index (χ4v) is 2.81. The van der Waals surface area contributed by atoms with E-state index in [0.29, 0.717) is 12.3 Å². The SMILES string of the molecule is CCCNc1ncnc(NCC(C)(O)CSC)c1CCC. The van der Waals surface area contributed by atoms with Crippen molar-refractivity contribution in [3.8, 4) is 0 Å². The number of anilines is 2. The molecule has 1 atom stereocenters. The first-order chi connectivity index (χ1) is 10.0. The minimum absolute atomic E-state index is 0.481. The van der Waals surface area contributed by atoms with Gasteiger partial charge in [0, 0.05) is 24.4 Å². The highest BCUT2D eigenvalue weighted by molar-refractivity contribution is 7.98. The minimum Gasteiger partial charge on any atom is -0.387 e. The third-order valence-electron chi connectivity index (χ3n) is 3.08. The van der Waals surface area contributed by atoms with E-state index < -0.39 is 5.60 Å². The fraction of sp³-hybridized carbons (Fsp3) is 0.733. The average Bonchev–Trinajstić information content (AvgIpc) is 2.45. The van der Waals surface area contributed by atoms with Gasteiger partial charge in [0.05, 0.1) is 5.60 Å². The summed E-state index contributed by atoms with van der Waals surface area (Å²) in [5, 5.41) is 16.9. The molecule has 6 heteroatoms. The van der Waals surface area contributed by atoms with Gasteiger partial charge in [-0.25, -0.2) is 9.97 Å². The summed E-state index contributed by atoms with van der Waals surface area (Å²) in [6, 6.07) is 0. The molecule has 3 N–H and O–H groups in total. The maximum absolute atomic E-state index is 10.3. The third-order valence-corrected chi connectivity index (χ3v) is 3.99. The monoisotopic (exact) mass is 312 g/mol. The number of hydrogen-bond acceptors (Lipinski definition) is 6. The molecular formula is C15H28N4OS. The zero-order valence-corrected chi connectivity index (χ0v) is 14.4.